The van der Waals surface area contributed by atoms with Gasteiger partial charge in [-0.15, -0.1) is 0 Å². The lowest BCUT2D eigenvalue weighted by Gasteiger charge is -2.20. The Kier molecular flexibility index (Phi) is 8.04. The van der Waals surface area contributed by atoms with Gasteiger partial charge < -0.3 is 25.0 Å². The first-order valence-electron chi connectivity index (χ1n) is 11.3. The third-order valence-corrected chi connectivity index (χ3v) is 5.65. The predicted octanol–water partition coefficient (Wildman–Crippen LogP) is 3.58. The Labute approximate surface area is 176 Å². The molecule has 0 radical (unpaired) electrons. The van der Waals surface area contributed by atoms with Crippen LogP contribution in [0.15, 0.2) is 23.2 Å². The van der Waals surface area contributed by atoms with Crippen LogP contribution in [0.25, 0.3) is 0 Å². The molecule has 0 amide bonds. The van der Waals surface area contributed by atoms with E-state index in [-0.39, 0.29) is 6.04 Å². The van der Waals surface area contributed by atoms with Crippen LogP contribution < -0.4 is 20.1 Å². The Morgan fingerprint density at radius 1 is 1.14 bits per heavy atom. The number of hydrogen-bond donors (Lipinski definition) is 2. The normalized spacial score (nSPS) is 21.1. The molecule has 2 unspecified atom stereocenters. The molecular formula is C23H38N4O2. The van der Waals surface area contributed by atoms with E-state index < -0.39 is 0 Å². The number of ether oxygens (including phenoxy) is 2. The summed E-state index contributed by atoms with van der Waals surface area (Å²) < 4.78 is 11.5. The number of likely N-dealkylation sites (tertiary alicyclic amines) is 1. The highest BCUT2D eigenvalue weighted by Gasteiger charge is 2.34. The molecule has 2 fully saturated rings. The van der Waals surface area contributed by atoms with E-state index in [1.165, 1.54) is 32.4 Å². The minimum Gasteiger partial charge on any atom is -0.490 e. The van der Waals surface area contributed by atoms with Gasteiger partial charge in [0.1, 0.15) is 0 Å². The average molecular weight is 403 g/mol. The maximum Gasteiger partial charge on any atom is 0.191 e. The summed E-state index contributed by atoms with van der Waals surface area (Å²) in [4.78, 5) is 7.54. The van der Waals surface area contributed by atoms with Crippen molar-refractivity contribution in [1.29, 1.82) is 0 Å². The fourth-order valence-electron chi connectivity index (χ4n) is 3.95. The molecule has 1 aromatic carbocycles. The van der Waals surface area contributed by atoms with Crippen LogP contribution in [0.3, 0.4) is 0 Å². The van der Waals surface area contributed by atoms with Gasteiger partial charge in [0.05, 0.1) is 19.3 Å². The SMILES string of the molecule is CCNC(=NCC1CCN(C2CC2)C1)NC(C)c1ccc(OCC)c(OCC)c1. The van der Waals surface area contributed by atoms with Crippen LogP contribution in [0.4, 0.5) is 0 Å². The number of hydrogen-bond acceptors (Lipinski definition) is 4. The van der Waals surface area contributed by atoms with Crippen molar-refractivity contribution >= 4 is 5.96 Å². The Balaban J connectivity index is 1.60. The maximum atomic E-state index is 5.78. The minimum absolute atomic E-state index is 0.120. The molecule has 1 heterocycles. The number of nitrogens with zero attached hydrogens (tertiary/aromatic N) is 2. The van der Waals surface area contributed by atoms with Gasteiger partial charge in [-0.2, -0.15) is 0 Å². The highest BCUT2D eigenvalue weighted by Crippen LogP contribution is 2.32. The number of guanidine groups is 1. The van der Waals surface area contributed by atoms with Gasteiger partial charge in [-0.3, -0.25) is 4.99 Å². The molecule has 1 saturated heterocycles. The van der Waals surface area contributed by atoms with Crippen LogP contribution in [0, 0.1) is 5.92 Å². The number of rotatable bonds is 10. The second-order valence-electron chi connectivity index (χ2n) is 8.04. The zero-order valence-electron chi connectivity index (χ0n) is 18.5. The molecule has 3 rings (SSSR count). The Morgan fingerprint density at radius 3 is 2.59 bits per heavy atom. The molecule has 2 aliphatic rings. The molecule has 0 bridgehead atoms. The van der Waals surface area contributed by atoms with Gasteiger partial charge >= 0.3 is 0 Å². The lowest BCUT2D eigenvalue weighted by atomic mass is 10.1. The molecule has 6 heteroatoms. The summed E-state index contributed by atoms with van der Waals surface area (Å²) in [5.74, 6) is 3.16. The smallest absolute Gasteiger partial charge is 0.191 e. The molecular weight excluding hydrogens is 364 g/mol. The molecule has 1 aliphatic heterocycles. The zero-order chi connectivity index (χ0) is 20.6. The van der Waals surface area contributed by atoms with Crippen molar-refractivity contribution in [2.45, 2.75) is 59.0 Å². The van der Waals surface area contributed by atoms with Crippen LogP contribution in [-0.2, 0) is 0 Å². The van der Waals surface area contributed by atoms with Crippen LogP contribution >= 0.6 is 0 Å². The molecule has 6 nitrogen and oxygen atoms in total. The van der Waals surface area contributed by atoms with E-state index in [9.17, 15) is 0 Å². The standard InChI is InChI=1S/C23H38N4O2/c1-5-24-23(25-15-18-12-13-27(16-18)20-9-10-20)26-17(4)19-8-11-21(28-6-2)22(14-19)29-7-3/h8,11,14,17-18,20H,5-7,9-10,12-13,15-16H2,1-4H3,(H2,24,25,26). The van der Waals surface area contributed by atoms with Crippen molar-refractivity contribution in [3.8, 4) is 11.5 Å². The van der Waals surface area contributed by atoms with E-state index in [1.54, 1.807) is 0 Å². The zero-order valence-corrected chi connectivity index (χ0v) is 18.5. The van der Waals surface area contributed by atoms with Crippen LogP contribution in [0.5, 0.6) is 11.5 Å². The van der Waals surface area contributed by atoms with Crippen molar-refractivity contribution in [3.63, 3.8) is 0 Å². The molecule has 1 saturated carbocycles. The molecule has 1 aromatic rings. The molecule has 2 N–H and O–H groups in total. The van der Waals surface area contributed by atoms with Crippen LogP contribution in [0.2, 0.25) is 0 Å². The van der Waals surface area contributed by atoms with E-state index in [4.69, 9.17) is 14.5 Å². The van der Waals surface area contributed by atoms with Crippen LogP contribution in [0.1, 0.15) is 58.6 Å². The third-order valence-electron chi connectivity index (χ3n) is 5.65. The second kappa shape index (κ2) is 10.7. The average Bonchev–Trinajstić information content (AvgIpc) is 3.46. The van der Waals surface area contributed by atoms with E-state index in [0.717, 1.165) is 42.2 Å². The summed E-state index contributed by atoms with van der Waals surface area (Å²) in [6, 6.07) is 7.15. The second-order valence-corrected chi connectivity index (χ2v) is 8.04. The summed E-state index contributed by atoms with van der Waals surface area (Å²) in [5.41, 5.74) is 1.16. The first-order valence-corrected chi connectivity index (χ1v) is 11.3. The van der Waals surface area contributed by atoms with Crippen LogP contribution in [-0.4, -0.2) is 56.3 Å². The van der Waals surface area contributed by atoms with Gasteiger partial charge in [-0.1, -0.05) is 6.07 Å². The predicted molar refractivity (Wildman–Crippen MR) is 119 cm³/mol. The number of aliphatic imine (C=N–C) groups is 1. The quantitative estimate of drug-likeness (QED) is 0.463. The van der Waals surface area contributed by atoms with Gasteiger partial charge in [0.15, 0.2) is 17.5 Å². The number of nitrogens with one attached hydrogen (secondary N) is 2. The lowest BCUT2D eigenvalue weighted by molar-refractivity contribution is 0.287. The molecule has 0 aromatic heterocycles. The molecule has 29 heavy (non-hydrogen) atoms. The molecule has 1 aliphatic carbocycles. The fourth-order valence-corrected chi connectivity index (χ4v) is 3.95. The van der Waals surface area contributed by atoms with Gasteiger partial charge in [0, 0.05) is 25.7 Å². The topological polar surface area (TPSA) is 58.1 Å². The molecule has 0 spiro atoms. The summed E-state index contributed by atoms with van der Waals surface area (Å²) in [6.07, 6.45) is 4.05. The van der Waals surface area contributed by atoms with E-state index in [2.05, 4.69) is 41.5 Å². The summed E-state index contributed by atoms with van der Waals surface area (Å²) >= 11 is 0. The summed E-state index contributed by atoms with van der Waals surface area (Å²) in [6.45, 7) is 13.7. The Bertz CT molecular complexity index is 675. The minimum atomic E-state index is 0.120. The summed E-state index contributed by atoms with van der Waals surface area (Å²) in [5, 5.41) is 6.95. The lowest BCUT2D eigenvalue weighted by Crippen LogP contribution is -2.39. The van der Waals surface area contributed by atoms with Gasteiger partial charge in [0.2, 0.25) is 0 Å². The molecule has 162 valence electrons. The Morgan fingerprint density at radius 2 is 1.90 bits per heavy atom. The first-order chi connectivity index (χ1) is 14.1. The largest absolute Gasteiger partial charge is 0.490 e. The van der Waals surface area contributed by atoms with Crippen molar-refractivity contribution in [2.75, 3.05) is 39.4 Å². The van der Waals surface area contributed by atoms with Gasteiger partial charge in [-0.05, 0) is 77.1 Å². The number of benzene rings is 1. The van der Waals surface area contributed by atoms with Gasteiger partial charge in [0.25, 0.3) is 0 Å². The Hall–Kier alpha value is -1.95. The van der Waals surface area contributed by atoms with E-state index in [1.807, 2.05) is 19.9 Å². The van der Waals surface area contributed by atoms with Gasteiger partial charge in [-0.25, -0.2) is 0 Å². The third kappa shape index (κ3) is 6.26. The van der Waals surface area contributed by atoms with Crippen molar-refractivity contribution in [1.82, 2.24) is 15.5 Å². The monoisotopic (exact) mass is 402 g/mol. The maximum absolute atomic E-state index is 5.78. The first kappa shape index (κ1) is 21.8. The highest BCUT2D eigenvalue weighted by atomic mass is 16.5. The van der Waals surface area contributed by atoms with Crippen molar-refractivity contribution < 1.29 is 9.47 Å². The van der Waals surface area contributed by atoms with Crippen molar-refractivity contribution in [3.05, 3.63) is 23.8 Å². The van der Waals surface area contributed by atoms with Crippen molar-refractivity contribution in [2.24, 2.45) is 10.9 Å². The molecule has 2 atom stereocenters. The summed E-state index contributed by atoms with van der Waals surface area (Å²) in [7, 11) is 0. The van der Waals surface area contributed by atoms with E-state index in [0.29, 0.717) is 19.1 Å². The fraction of sp³-hybridized carbons (Fsp3) is 0.696. The highest BCUT2D eigenvalue weighted by molar-refractivity contribution is 5.80. The van der Waals surface area contributed by atoms with E-state index >= 15 is 0 Å².